The number of fused-ring (bicyclic) bond motifs is 3. The van der Waals surface area contributed by atoms with E-state index in [0.717, 1.165) is 77.0 Å². The van der Waals surface area contributed by atoms with Crippen molar-refractivity contribution in [1.29, 1.82) is 0 Å². The van der Waals surface area contributed by atoms with E-state index < -0.39 is 0 Å². The number of aromatic amines is 1. The smallest absolute Gasteiger partial charge is 0.227 e. The summed E-state index contributed by atoms with van der Waals surface area (Å²) in [6.45, 7) is 6.06. The van der Waals surface area contributed by atoms with Gasteiger partial charge in [-0.15, -0.1) is 0 Å². The number of amides is 1. The summed E-state index contributed by atoms with van der Waals surface area (Å²) in [5.74, 6) is 1.75. The second-order valence-corrected chi connectivity index (χ2v) is 9.39. The fourth-order valence-corrected chi connectivity index (χ4v) is 4.85. The van der Waals surface area contributed by atoms with Crippen molar-refractivity contribution >= 4 is 28.2 Å². The maximum absolute atomic E-state index is 12.0. The van der Waals surface area contributed by atoms with E-state index in [0.29, 0.717) is 5.92 Å². The van der Waals surface area contributed by atoms with E-state index in [2.05, 4.69) is 56.6 Å². The summed E-state index contributed by atoms with van der Waals surface area (Å²) in [5, 5.41) is 3.02. The fourth-order valence-electron chi connectivity index (χ4n) is 4.85. The average molecular weight is 438 g/mol. The largest absolute Gasteiger partial charge is 0.345 e. The molecule has 0 bridgehead atoms. The lowest BCUT2D eigenvalue weighted by molar-refractivity contribution is -0.121. The number of carbonyl (C=O) groups excluding carboxylic acids is 1. The first-order valence-electron chi connectivity index (χ1n) is 11.7. The molecule has 1 unspecified atom stereocenters. The molecule has 1 atom stereocenters. The number of aromatic nitrogens is 4. The van der Waals surface area contributed by atoms with Crippen molar-refractivity contribution in [3.8, 4) is 11.3 Å². The van der Waals surface area contributed by atoms with Crippen molar-refractivity contribution in [1.82, 2.24) is 24.7 Å². The Labute approximate surface area is 192 Å². The molecule has 0 spiro atoms. The number of hydrogen-bond acceptors (Lipinski definition) is 3. The molecule has 2 saturated carbocycles. The van der Waals surface area contributed by atoms with E-state index >= 15 is 0 Å². The van der Waals surface area contributed by atoms with Gasteiger partial charge in [-0.3, -0.25) is 9.20 Å². The average Bonchev–Trinajstić information content (AvgIpc) is 3.21. The van der Waals surface area contributed by atoms with Gasteiger partial charge in [-0.05, 0) is 50.7 Å². The Kier molecular flexibility index (Phi) is 4.68. The monoisotopic (exact) mass is 437 g/mol. The van der Waals surface area contributed by atoms with Crippen LogP contribution in [0.2, 0.25) is 0 Å². The molecule has 33 heavy (non-hydrogen) atoms. The number of allylic oxidation sites excluding steroid dienone is 2. The Morgan fingerprint density at radius 2 is 2.00 bits per heavy atom. The summed E-state index contributed by atoms with van der Waals surface area (Å²) >= 11 is 0. The minimum atomic E-state index is 0.165. The third kappa shape index (κ3) is 3.55. The molecule has 3 aromatic heterocycles. The van der Waals surface area contributed by atoms with Crippen molar-refractivity contribution in [2.75, 3.05) is 0 Å². The van der Waals surface area contributed by atoms with Gasteiger partial charge < -0.3 is 10.3 Å². The molecule has 6 nitrogen and oxygen atoms in total. The van der Waals surface area contributed by atoms with Crippen LogP contribution in [0, 0.1) is 5.92 Å². The zero-order chi connectivity index (χ0) is 22.5. The van der Waals surface area contributed by atoms with Crippen molar-refractivity contribution in [3.63, 3.8) is 0 Å². The van der Waals surface area contributed by atoms with E-state index in [1.165, 1.54) is 5.57 Å². The molecule has 6 heteroatoms. The lowest BCUT2D eigenvalue weighted by Gasteiger charge is -2.08. The number of rotatable bonds is 5. The number of nitrogens with one attached hydrogen (secondary N) is 2. The van der Waals surface area contributed by atoms with Crippen LogP contribution in [0.3, 0.4) is 0 Å². The van der Waals surface area contributed by atoms with Crippen LogP contribution in [-0.4, -0.2) is 25.3 Å². The summed E-state index contributed by atoms with van der Waals surface area (Å²) in [5.41, 5.74) is 8.41. The summed E-state index contributed by atoms with van der Waals surface area (Å²) < 4.78 is 2.26. The highest BCUT2D eigenvalue weighted by atomic mass is 16.1. The summed E-state index contributed by atoms with van der Waals surface area (Å²) in [7, 11) is 0. The minimum Gasteiger partial charge on any atom is -0.345 e. The highest BCUT2D eigenvalue weighted by molar-refractivity contribution is 5.85. The first-order chi connectivity index (χ1) is 16.1. The third-order valence-corrected chi connectivity index (χ3v) is 6.91. The van der Waals surface area contributed by atoms with Crippen LogP contribution in [0.15, 0.2) is 61.1 Å². The molecular formula is C27H27N5O. The Morgan fingerprint density at radius 3 is 2.76 bits per heavy atom. The van der Waals surface area contributed by atoms with Crippen LogP contribution in [-0.2, 0) is 4.79 Å². The summed E-state index contributed by atoms with van der Waals surface area (Å²) in [6, 6.07) is 10.5. The molecule has 166 valence electrons. The van der Waals surface area contributed by atoms with Crippen molar-refractivity contribution in [3.05, 3.63) is 72.5 Å². The van der Waals surface area contributed by atoms with Crippen LogP contribution in [0.5, 0.6) is 0 Å². The van der Waals surface area contributed by atoms with Gasteiger partial charge >= 0.3 is 0 Å². The zero-order valence-electron chi connectivity index (χ0n) is 18.8. The minimum absolute atomic E-state index is 0.165. The number of H-pyrrole nitrogens is 1. The third-order valence-electron chi connectivity index (χ3n) is 6.91. The normalized spacial score (nSPS) is 19.5. The first kappa shape index (κ1) is 20.0. The molecular weight excluding hydrogens is 410 g/mol. The van der Waals surface area contributed by atoms with Gasteiger partial charge in [0, 0.05) is 29.8 Å². The molecule has 1 aromatic carbocycles. The van der Waals surface area contributed by atoms with E-state index in [-0.39, 0.29) is 11.8 Å². The molecule has 2 N–H and O–H groups in total. The van der Waals surface area contributed by atoms with Crippen LogP contribution in [0.4, 0.5) is 0 Å². The molecule has 0 saturated heterocycles. The lowest BCUT2D eigenvalue weighted by atomic mass is 10.0. The Bertz CT molecular complexity index is 1420. The Hall–Kier alpha value is -3.67. The summed E-state index contributed by atoms with van der Waals surface area (Å²) in [4.78, 5) is 25.1. The predicted octanol–water partition coefficient (Wildman–Crippen LogP) is 5.59. The van der Waals surface area contributed by atoms with E-state index in [1.54, 1.807) is 0 Å². The SMILES string of the molecule is C=C(C)c1ccc(-c2nc(C3CC/C(=C/NC(=O)C4CC4)C3)n3c2cnc2[nH]ccc23)cc1. The van der Waals surface area contributed by atoms with Crippen LogP contribution in [0.25, 0.3) is 33.5 Å². The topological polar surface area (TPSA) is 75.1 Å². The standard InChI is InChI=1S/C27H27N5O/c1-16(2)18-5-7-19(8-6-18)24-23-15-29-25-22(11-12-28-25)32(23)26(31-24)21-4-3-17(13-21)14-30-27(33)20-9-10-20/h5-8,11-12,14-15,20-21,28H,1,3-4,9-10,13H2,2H3,(H,30,33)/b17-14-. The van der Waals surface area contributed by atoms with Gasteiger partial charge in [0.2, 0.25) is 5.91 Å². The molecule has 2 fully saturated rings. The molecule has 1 amide bonds. The predicted molar refractivity (Wildman–Crippen MR) is 131 cm³/mol. The van der Waals surface area contributed by atoms with E-state index in [4.69, 9.17) is 4.98 Å². The molecule has 4 aromatic rings. The second kappa shape index (κ2) is 7.73. The quantitative estimate of drug-likeness (QED) is 0.427. The van der Waals surface area contributed by atoms with Gasteiger partial charge in [-0.2, -0.15) is 0 Å². The van der Waals surface area contributed by atoms with Crippen molar-refractivity contribution in [2.45, 2.75) is 44.9 Å². The van der Waals surface area contributed by atoms with Gasteiger partial charge in [0.15, 0.2) is 5.65 Å². The van der Waals surface area contributed by atoms with Gasteiger partial charge in [0.05, 0.1) is 22.9 Å². The molecule has 2 aliphatic rings. The Morgan fingerprint density at radius 1 is 1.18 bits per heavy atom. The van der Waals surface area contributed by atoms with Gasteiger partial charge in [-0.1, -0.05) is 42.0 Å². The number of nitrogens with zero attached hydrogens (tertiary/aromatic N) is 3. The highest BCUT2D eigenvalue weighted by Crippen LogP contribution is 2.40. The van der Waals surface area contributed by atoms with Crippen molar-refractivity contribution in [2.24, 2.45) is 5.92 Å². The fraction of sp³-hybridized carbons (Fsp3) is 0.296. The number of carbonyl (C=O) groups is 1. The van der Waals surface area contributed by atoms with Crippen LogP contribution >= 0.6 is 0 Å². The maximum Gasteiger partial charge on any atom is 0.227 e. The highest BCUT2D eigenvalue weighted by Gasteiger charge is 2.30. The van der Waals surface area contributed by atoms with Crippen LogP contribution in [0.1, 0.15) is 56.3 Å². The van der Waals surface area contributed by atoms with E-state index in [9.17, 15) is 4.79 Å². The van der Waals surface area contributed by atoms with Crippen LogP contribution < -0.4 is 5.32 Å². The van der Waals surface area contributed by atoms with Gasteiger partial charge in [0.1, 0.15) is 5.82 Å². The van der Waals surface area contributed by atoms with Gasteiger partial charge in [0.25, 0.3) is 0 Å². The molecule has 0 aliphatic heterocycles. The number of hydrogen-bond donors (Lipinski definition) is 2. The number of imidazole rings is 1. The number of benzene rings is 1. The summed E-state index contributed by atoms with van der Waals surface area (Å²) in [6.07, 6.45) is 10.7. The second-order valence-electron chi connectivity index (χ2n) is 9.39. The molecule has 3 heterocycles. The first-order valence-corrected chi connectivity index (χ1v) is 11.7. The maximum atomic E-state index is 12.0. The Balaban J connectivity index is 1.40. The van der Waals surface area contributed by atoms with Crippen molar-refractivity contribution < 1.29 is 4.79 Å². The molecule has 0 radical (unpaired) electrons. The molecule has 6 rings (SSSR count). The molecule has 2 aliphatic carbocycles. The van der Waals surface area contributed by atoms with E-state index in [1.807, 2.05) is 25.5 Å². The zero-order valence-corrected chi connectivity index (χ0v) is 18.8. The lowest BCUT2D eigenvalue weighted by Crippen LogP contribution is -2.19. The van der Waals surface area contributed by atoms with Gasteiger partial charge in [-0.25, -0.2) is 9.97 Å².